The van der Waals surface area contributed by atoms with Crippen LogP contribution >= 0.6 is 0 Å². The van der Waals surface area contributed by atoms with E-state index in [4.69, 9.17) is 5.73 Å². The number of ether oxygens (including phenoxy) is 1. The number of nitrogens with one attached hydrogen (secondary N) is 1. The second-order valence-corrected chi connectivity index (χ2v) is 5.29. The lowest BCUT2D eigenvalue weighted by Crippen LogP contribution is -2.33. The number of anilines is 1. The highest BCUT2D eigenvalue weighted by Gasteiger charge is 2.31. The fourth-order valence-corrected chi connectivity index (χ4v) is 2.11. The number of halogens is 3. The minimum absolute atomic E-state index is 0.0770. The largest absolute Gasteiger partial charge is 0.573 e. The standard InChI is InChI=1S/C15H11F3N4O6/c16-15(17,18)28-10-3-1-8(2-4-10)20-12(23)7-21-6-9(22(26)27)5-11(13(19)24)14(21)25/h1-6H,7H2,(H2,19,24)(H,20,23). The number of aromatic nitrogens is 1. The van der Waals surface area contributed by atoms with E-state index >= 15 is 0 Å². The first-order valence-corrected chi connectivity index (χ1v) is 7.30. The van der Waals surface area contributed by atoms with E-state index in [0.29, 0.717) is 10.6 Å². The Morgan fingerprint density at radius 1 is 1.25 bits per heavy atom. The van der Waals surface area contributed by atoms with Crippen LogP contribution in [0.25, 0.3) is 0 Å². The molecule has 0 radical (unpaired) electrons. The quantitative estimate of drug-likeness (QED) is 0.553. The van der Waals surface area contributed by atoms with Gasteiger partial charge in [0.2, 0.25) is 5.91 Å². The van der Waals surface area contributed by atoms with Crippen molar-refractivity contribution < 1.29 is 32.4 Å². The molecule has 13 heteroatoms. The molecule has 148 valence electrons. The number of carbonyl (C=O) groups is 2. The average Bonchev–Trinajstić information content (AvgIpc) is 2.56. The zero-order valence-electron chi connectivity index (χ0n) is 13.7. The Labute approximate surface area is 153 Å². The Morgan fingerprint density at radius 3 is 2.36 bits per heavy atom. The van der Waals surface area contributed by atoms with Crippen LogP contribution in [0.5, 0.6) is 5.75 Å². The van der Waals surface area contributed by atoms with E-state index in [1.165, 1.54) is 0 Å². The maximum absolute atomic E-state index is 12.1. The summed E-state index contributed by atoms with van der Waals surface area (Å²) in [5.41, 5.74) is 2.76. The van der Waals surface area contributed by atoms with Gasteiger partial charge in [-0.25, -0.2) is 0 Å². The number of hydrogen-bond donors (Lipinski definition) is 2. The molecule has 0 aliphatic carbocycles. The maximum atomic E-state index is 12.1. The summed E-state index contributed by atoms with van der Waals surface area (Å²) < 4.78 is 40.6. The van der Waals surface area contributed by atoms with Gasteiger partial charge in [0.05, 0.1) is 11.1 Å². The molecule has 2 amide bonds. The summed E-state index contributed by atoms with van der Waals surface area (Å²) >= 11 is 0. The molecule has 2 aromatic rings. The van der Waals surface area contributed by atoms with Gasteiger partial charge in [0.1, 0.15) is 17.9 Å². The number of nitrogens with zero attached hydrogens (tertiary/aromatic N) is 2. The summed E-state index contributed by atoms with van der Waals surface area (Å²) in [7, 11) is 0. The predicted molar refractivity (Wildman–Crippen MR) is 87.6 cm³/mol. The van der Waals surface area contributed by atoms with E-state index in [-0.39, 0.29) is 5.69 Å². The predicted octanol–water partition coefficient (Wildman–Crippen LogP) is 1.39. The Bertz CT molecular complexity index is 985. The van der Waals surface area contributed by atoms with Crippen molar-refractivity contribution in [3.8, 4) is 5.75 Å². The minimum Gasteiger partial charge on any atom is -0.406 e. The molecule has 3 N–H and O–H groups in total. The number of amides is 2. The highest BCUT2D eigenvalue weighted by atomic mass is 19.4. The Balaban J connectivity index is 2.18. The molecule has 0 bridgehead atoms. The van der Waals surface area contributed by atoms with Crippen molar-refractivity contribution in [3.05, 3.63) is 62.6 Å². The maximum Gasteiger partial charge on any atom is 0.573 e. The van der Waals surface area contributed by atoms with Gasteiger partial charge >= 0.3 is 6.36 Å². The number of nitrogens with two attached hydrogens (primary N) is 1. The molecular formula is C15H11F3N4O6. The highest BCUT2D eigenvalue weighted by Crippen LogP contribution is 2.24. The molecule has 28 heavy (non-hydrogen) atoms. The lowest BCUT2D eigenvalue weighted by atomic mass is 10.2. The van der Waals surface area contributed by atoms with Crippen LogP contribution in [0.1, 0.15) is 10.4 Å². The molecule has 1 aromatic heterocycles. The van der Waals surface area contributed by atoms with Gasteiger partial charge in [-0.15, -0.1) is 13.2 Å². The summed E-state index contributed by atoms with van der Waals surface area (Å²) in [5, 5.41) is 13.2. The number of pyridine rings is 1. The van der Waals surface area contributed by atoms with Gasteiger partial charge in [-0.2, -0.15) is 0 Å². The zero-order chi connectivity index (χ0) is 21.1. The summed E-state index contributed by atoms with van der Waals surface area (Å²) in [5.74, 6) is -2.54. The van der Waals surface area contributed by atoms with Crippen LogP contribution in [0.3, 0.4) is 0 Å². The van der Waals surface area contributed by atoms with Crippen molar-refractivity contribution in [1.82, 2.24) is 4.57 Å². The average molecular weight is 400 g/mol. The van der Waals surface area contributed by atoms with Crippen LogP contribution in [0.15, 0.2) is 41.3 Å². The Hall–Kier alpha value is -3.90. The van der Waals surface area contributed by atoms with Crippen molar-refractivity contribution in [2.75, 3.05) is 5.32 Å². The number of primary amides is 1. The SMILES string of the molecule is NC(=O)c1cc([N+](=O)[O-])cn(CC(=O)Nc2ccc(OC(F)(F)F)cc2)c1=O. The summed E-state index contributed by atoms with van der Waals surface area (Å²) in [6, 6.07) is 4.83. The van der Waals surface area contributed by atoms with E-state index in [1.807, 2.05) is 0 Å². The lowest BCUT2D eigenvalue weighted by molar-refractivity contribution is -0.385. The first-order chi connectivity index (χ1) is 13.0. The van der Waals surface area contributed by atoms with E-state index in [2.05, 4.69) is 10.1 Å². The zero-order valence-corrected chi connectivity index (χ0v) is 13.7. The first kappa shape index (κ1) is 20.4. The van der Waals surface area contributed by atoms with Crippen molar-refractivity contribution >= 4 is 23.2 Å². The second-order valence-electron chi connectivity index (χ2n) is 5.29. The van der Waals surface area contributed by atoms with Crippen LogP contribution in [-0.4, -0.2) is 27.7 Å². The van der Waals surface area contributed by atoms with Crippen molar-refractivity contribution in [2.24, 2.45) is 5.73 Å². The molecule has 0 fully saturated rings. The molecule has 1 aromatic carbocycles. The first-order valence-electron chi connectivity index (χ1n) is 7.30. The fourth-order valence-electron chi connectivity index (χ4n) is 2.11. The summed E-state index contributed by atoms with van der Waals surface area (Å²) in [4.78, 5) is 45.4. The van der Waals surface area contributed by atoms with Gasteiger partial charge in [0, 0.05) is 11.8 Å². The second kappa shape index (κ2) is 7.77. The van der Waals surface area contributed by atoms with Gasteiger partial charge < -0.3 is 15.8 Å². The molecule has 2 rings (SSSR count). The third kappa shape index (κ3) is 5.30. The van der Waals surface area contributed by atoms with E-state index in [9.17, 15) is 37.7 Å². The monoisotopic (exact) mass is 400 g/mol. The molecule has 0 aliphatic heterocycles. The molecular weight excluding hydrogens is 389 g/mol. The number of alkyl halides is 3. The van der Waals surface area contributed by atoms with Crippen LogP contribution in [0.4, 0.5) is 24.5 Å². The molecule has 0 atom stereocenters. The van der Waals surface area contributed by atoms with E-state index < -0.39 is 52.2 Å². The third-order valence-corrected chi connectivity index (χ3v) is 3.23. The van der Waals surface area contributed by atoms with Crippen molar-refractivity contribution in [3.63, 3.8) is 0 Å². The molecule has 0 saturated carbocycles. The highest BCUT2D eigenvalue weighted by molar-refractivity contribution is 5.93. The number of benzene rings is 1. The number of nitro groups is 1. The van der Waals surface area contributed by atoms with Crippen LogP contribution in [0.2, 0.25) is 0 Å². The smallest absolute Gasteiger partial charge is 0.406 e. The number of carbonyl (C=O) groups excluding carboxylic acids is 2. The Kier molecular flexibility index (Phi) is 5.67. The van der Waals surface area contributed by atoms with Crippen LogP contribution in [0, 0.1) is 10.1 Å². The molecule has 0 aliphatic rings. The van der Waals surface area contributed by atoms with Crippen molar-refractivity contribution in [2.45, 2.75) is 12.9 Å². The van der Waals surface area contributed by atoms with Gasteiger partial charge in [0.25, 0.3) is 17.2 Å². The molecule has 0 spiro atoms. The number of hydrogen-bond acceptors (Lipinski definition) is 6. The van der Waals surface area contributed by atoms with E-state index in [1.54, 1.807) is 0 Å². The van der Waals surface area contributed by atoms with Crippen molar-refractivity contribution in [1.29, 1.82) is 0 Å². The topological polar surface area (TPSA) is 147 Å². The summed E-state index contributed by atoms with van der Waals surface area (Å²) in [6.07, 6.45) is -4.11. The summed E-state index contributed by atoms with van der Waals surface area (Å²) in [6.45, 7) is -0.707. The van der Waals surface area contributed by atoms with Gasteiger partial charge in [0.15, 0.2) is 0 Å². The third-order valence-electron chi connectivity index (χ3n) is 3.23. The molecule has 1 heterocycles. The van der Waals surface area contributed by atoms with Crippen LogP contribution < -0.4 is 21.3 Å². The lowest BCUT2D eigenvalue weighted by Gasteiger charge is -2.11. The molecule has 10 nitrogen and oxygen atoms in total. The normalized spacial score (nSPS) is 11.0. The van der Waals surface area contributed by atoms with Gasteiger partial charge in [-0.05, 0) is 24.3 Å². The van der Waals surface area contributed by atoms with Gasteiger partial charge in [-0.1, -0.05) is 0 Å². The van der Waals surface area contributed by atoms with Crippen LogP contribution in [-0.2, 0) is 11.3 Å². The fraction of sp³-hybridized carbons (Fsp3) is 0.133. The molecule has 0 unspecified atom stereocenters. The number of rotatable bonds is 6. The minimum atomic E-state index is -4.87. The van der Waals surface area contributed by atoms with E-state index in [0.717, 1.165) is 30.5 Å². The molecule has 0 saturated heterocycles. The Morgan fingerprint density at radius 2 is 1.86 bits per heavy atom. The van der Waals surface area contributed by atoms with Gasteiger partial charge in [-0.3, -0.25) is 29.1 Å².